The fourth-order valence-corrected chi connectivity index (χ4v) is 1.40. The van der Waals surface area contributed by atoms with Crippen molar-refractivity contribution in [2.45, 2.75) is 26.4 Å². The number of hydrogen-bond donors (Lipinski definition) is 0. The van der Waals surface area contributed by atoms with Crippen molar-refractivity contribution in [2.75, 3.05) is 0 Å². The molecule has 0 saturated heterocycles. The summed E-state index contributed by atoms with van der Waals surface area (Å²) in [4.78, 5) is 19.2. The molecule has 82 valence electrons. The van der Waals surface area contributed by atoms with Gasteiger partial charge in [-0.3, -0.25) is 0 Å². The van der Waals surface area contributed by atoms with Gasteiger partial charge in [-0.15, -0.1) is 0 Å². The molecular weight excluding hydrogens is 283 g/mol. The first-order valence-electron chi connectivity index (χ1n) is 4.21. The molecule has 0 N–H and O–H groups in total. The number of carbonyl (C=O) groups excluding carboxylic acids is 1. The van der Waals surface area contributed by atoms with E-state index in [1.165, 1.54) is 6.20 Å². The monoisotopic (exact) mass is 292 g/mol. The molecule has 0 aliphatic rings. The largest absolute Gasteiger partial charge is 0.456 e. The fraction of sp³-hybridized carbons (Fsp3) is 0.444. The molecule has 0 bridgehead atoms. The number of ether oxygens (including phenoxy) is 1. The Balaban J connectivity index is 2.92. The lowest BCUT2D eigenvalue weighted by Gasteiger charge is -2.19. The average Bonchev–Trinajstić information content (AvgIpc) is 1.99. The summed E-state index contributed by atoms with van der Waals surface area (Å²) >= 11 is 8.82. The molecule has 0 spiro atoms. The maximum Gasteiger partial charge on any atom is 0.343 e. The van der Waals surface area contributed by atoms with E-state index in [-0.39, 0.29) is 10.7 Å². The highest BCUT2D eigenvalue weighted by molar-refractivity contribution is 9.10. The second-order valence-corrected chi connectivity index (χ2v) is 4.91. The minimum atomic E-state index is -0.562. The topological polar surface area (TPSA) is 52.1 Å². The lowest BCUT2D eigenvalue weighted by atomic mass is 10.2. The Hall–Kier alpha value is -0.680. The lowest BCUT2D eigenvalue weighted by molar-refractivity contribution is 0.00688. The van der Waals surface area contributed by atoms with Gasteiger partial charge < -0.3 is 4.74 Å². The second kappa shape index (κ2) is 4.45. The zero-order chi connectivity index (χ0) is 11.6. The average molecular weight is 294 g/mol. The number of nitrogens with zero attached hydrogens (tertiary/aromatic N) is 2. The van der Waals surface area contributed by atoms with Crippen LogP contribution in [0.15, 0.2) is 10.9 Å². The van der Waals surface area contributed by atoms with Gasteiger partial charge in [0.25, 0.3) is 0 Å². The predicted octanol–water partition coefficient (Wildman–Crippen LogP) is 2.85. The predicted molar refractivity (Wildman–Crippen MR) is 59.9 cm³/mol. The number of esters is 1. The molecule has 0 amide bonds. The van der Waals surface area contributed by atoms with Gasteiger partial charge in [0.1, 0.15) is 16.3 Å². The molecule has 15 heavy (non-hydrogen) atoms. The summed E-state index contributed by atoms with van der Waals surface area (Å²) in [7, 11) is 0. The maximum absolute atomic E-state index is 11.6. The van der Waals surface area contributed by atoms with Gasteiger partial charge in [0.05, 0.1) is 0 Å². The molecule has 0 saturated carbocycles. The lowest BCUT2D eigenvalue weighted by Crippen LogP contribution is -2.24. The van der Waals surface area contributed by atoms with Crippen LogP contribution in [0.2, 0.25) is 5.15 Å². The third-order valence-electron chi connectivity index (χ3n) is 1.33. The summed E-state index contributed by atoms with van der Waals surface area (Å²) in [5, 5.41) is 0.0751. The third-order valence-corrected chi connectivity index (χ3v) is 2.00. The van der Waals surface area contributed by atoms with E-state index in [0.29, 0.717) is 4.73 Å². The molecule has 0 unspecified atom stereocenters. The van der Waals surface area contributed by atoms with Crippen LogP contribution in [0, 0.1) is 0 Å². The van der Waals surface area contributed by atoms with E-state index in [2.05, 4.69) is 25.9 Å². The molecule has 0 aliphatic heterocycles. The molecule has 1 heterocycles. The van der Waals surface area contributed by atoms with Crippen molar-refractivity contribution >= 4 is 33.5 Å². The first kappa shape index (κ1) is 12.4. The summed E-state index contributed by atoms with van der Waals surface area (Å²) in [5.74, 6) is -0.528. The highest BCUT2D eigenvalue weighted by atomic mass is 79.9. The van der Waals surface area contributed by atoms with Gasteiger partial charge in [0, 0.05) is 6.20 Å². The van der Waals surface area contributed by atoms with Gasteiger partial charge in [-0.05, 0) is 36.7 Å². The van der Waals surface area contributed by atoms with Crippen LogP contribution in [-0.2, 0) is 4.74 Å². The zero-order valence-electron chi connectivity index (χ0n) is 8.54. The van der Waals surface area contributed by atoms with Gasteiger partial charge >= 0.3 is 5.97 Å². The molecule has 0 aliphatic carbocycles. The van der Waals surface area contributed by atoms with Crippen molar-refractivity contribution in [3.8, 4) is 0 Å². The van der Waals surface area contributed by atoms with Crippen LogP contribution in [0.1, 0.15) is 31.1 Å². The molecule has 0 aromatic carbocycles. The van der Waals surface area contributed by atoms with Crippen LogP contribution in [0.5, 0.6) is 0 Å². The Morgan fingerprint density at radius 2 is 2.13 bits per heavy atom. The van der Waals surface area contributed by atoms with Crippen molar-refractivity contribution in [3.63, 3.8) is 0 Å². The number of hydrogen-bond acceptors (Lipinski definition) is 4. The Labute approximate surface area is 101 Å². The summed E-state index contributed by atoms with van der Waals surface area (Å²) in [6.07, 6.45) is 1.33. The van der Waals surface area contributed by atoms with Crippen LogP contribution in [0.25, 0.3) is 0 Å². The third kappa shape index (κ3) is 3.76. The van der Waals surface area contributed by atoms with Crippen molar-refractivity contribution < 1.29 is 9.53 Å². The fourth-order valence-electron chi connectivity index (χ4n) is 0.811. The quantitative estimate of drug-likeness (QED) is 0.454. The van der Waals surface area contributed by atoms with Crippen LogP contribution in [0.4, 0.5) is 0 Å². The summed E-state index contributed by atoms with van der Waals surface area (Å²) in [5.41, 5.74) is -0.400. The Morgan fingerprint density at radius 3 is 2.60 bits per heavy atom. The zero-order valence-corrected chi connectivity index (χ0v) is 10.9. The van der Waals surface area contributed by atoms with E-state index in [4.69, 9.17) is 16.3 Å². The van der Waals surface area contributed by atoms with Crippen LogP contribution < -0.4 is 0 Å². The van der Waals surface area contributed by atoms with E-state index in [0.717, 1.165) is 0 Å². The van der Waals surface area contributed by atoms with E-state index in [1.807, 2.05) is 0 Å². The smallest absolute Gasteiger partial charge is 0.343 e. The van der Waals surface area contributed by atoms with Crippen molar-refractivity contribution in [2.24, 2.45) is 0 Å². The van der Waals surface area contributed by atoms with Gasteiger partial charge in [0.15, 0.2) is 4.73 Å². The molecule has 0 fully saturated rings. The molecule has 1 aromatic heterocycles. The molecule has 0 atom stereocenters. The summed E-state index contributed by atoms with van der Waals surface area (Å²) in [6.45, 7) is 5.33. The van der Waals surface area contributed by atoms with Gasteiger partial charge in [0.2, 0.25) is 0 Å². The Kier molecular flexibility index (Phi) is 3.67. The molecule has 1 rings (SSSR count). The van der Waals surface area contributed by atoms with Gasteiger partial charge in [-0.25, -0.2) is 14.8 Å². The molecule has 6 heteroatoms. The van der Waals surface area contributed by atoms with Gasteiger partial charge in [-0.1, -0.05) is 11.6 Å². The number of carbonyl (C=O) groups is 1. The summed E-state index contributed by atoms with van der Waals surface area (Å²) in [6, 6.07) is 0. The molecule has 1 aromatic rings. The number of halogens is 2. The Morgan fingerprint density at radius 1 is 1.53 bits per heavy atom. The van der Waals surface area contributed by atoms with Crippen LogP contribution in [0.3, 0.4) is 0 Å². The minimum absolute atomic E-state index is 0.0751. The second-order valence-electron chi connectivity index (χ2n) is 3.85. The van der Waals surface area contributed by atoms with E-state index >= 15 is 0 Å². The highest BCUT2D eigenvalue weighted by Gasteiger charge is 2.21. The summed E-state index contributed by atoms with van der Waals surface area (Å²) < 4.78 is 5.46. The minimum Gasteiger partial charge on any atom is -0.456 e. The number of aromatic nitrogens is 2. The standard InChI is InChI=1S/C9H10BrClN2O2/c1-9(2,3)15-7(14)5-4-12-8(10)13-6(5)11/h4H,1-3H3. The Bertz CT molecular complexity index is 390. The van der Waals surface area contributed by atoms with E-state index in [9.17, 15) is 4.79 Å². The van der Waals surface area contributed by atoms with Crippen LogP contribution in [-0.4, -0.2) is 21.5 Å². The molecule has 4 nitrogen and oxygen atoms in total. The highest BCUT2D eigenvalue weighted by Crippen LogP contribution is 2.18. The molecule has 0 radical (unpaired) electrons. The van der Waals surface area contributed by atoms with Crippen LogP contribution >= 0.6 is 27.5 Å². The number of rotatable bonds is 1. The van der Waals surface area contributed by atoms with Gasteiger partial charge in [-0.2, -0.15) is 0 Å². The van der Waals surface area contributed by atoms with E-state index < -0.39 is 11.6 Å². The normalized spacial score (nSPS) is 11.3. The molecular formula is C9H10BrClN2O2. The maximum atomic E-state index is 11.6. The van der Waals surface area contributed by atoms with Crippen molar-refractivity contribution in [1.82, 2.24) is 9.97 Å². The first-order valence-corrected chi connectivity index (χ1v) is 5.38. The van der Waals surface area contributed by atoms with Crippen molar-refractivity contribution in [1.29, 1.82) is 0 Å². The first-order chi connectivity index (χ1) is 6.79. The van der Waals surface area contributed by atoms with E-state index in [1.54, 1.807) is 20.8 Å². The van der Waals surface area contributed by atoms with Crippen molar-refractivity contribution in [3.05, 3.63) is 21.6 Å². The SMILES string of the molecule is CC(C)(C)OC(=O)c1cnc(Br)nc1Cl.